The first kappa shape index (κ1) is 14.1. The summed E-state index contributed by atoms with van der Waals surface area (Å²) < 4.78 is 0. The molecule has 4 amide bonds. The molecule has 0 spiro atoms. The first-order valence-electron chi connectivity index (χ1n) is 8.20. The van der Waals surface area contributed by atoms with Crippen molar-refractivity contribution in [3.8, 4) is 0 Å². The molecule has 122 valence electrons. The molecule has 2 atom stereocenters. The van der Waals surface area contributed by atoms with Gasteiger partial charge in [0, 0.05) is 12.6 Å². The zero-order chi connectivity index (χ0) is 15.3. The van der Waals surface area contributed by atoms with Gasteiger partial charge in [0.05, 0.1) is 19.9 Å². The summed E-state index contributed by atoms with van der Waals surface area (Å²) in [7, 11) is 0. The van der Waals surface area contributed by atoms with Crippen LogP contribution >= 0.6 is 0 Å². The SMILES string of the molecule is O=C1NC2C3N1CN(CCO)CN3C(=O)N2C1CCCCC1. The second-order valence-corrected chi connectivity index (χ2v) is 6.63. The van der Waals surface area contributed by atoms with Gasteiger partial charge in [0.2, 0.25) is 0 Å². The van der Waals surface area contributed by atoms with Gasteiger partial charge >= 0.3 is 12.1 Å². The molecule has 8 heteroatoms. The highest BCUT2D eigenvalue weighted by Gasteiger charge is 2.58. The monoisotopic (exact) mass is 309 g/mol. The molecule has 0 aromatic carbocycles. The molecular weight excluding hydrogens is 286 g/mol. The molecule has 2 N–H and O–H groups in total. The molecule has 0 aromatic heterocycles. The minimum Gasteiger partial charge on any atom is -0.395 e. The zero-order valence-electron chi connectivity index (χ0n) is 12.6. The lowest BCUT2D eigenvalue weighted by molar-refractivity contribution is -0.0165. The van der Waals surface area contributed by atoms with E-state index >= 15 is 0 Å². The van der Waals surface area contributed by atoms with Crippen LogP contribution in [-0.4, -0.2) is 81.6 Å². The Hall–Kier alpha value is -1.54. The number of hydrogen-bond acceptors (Lipinski definition) is 4. The van der Waals surface area contributed by atoms with E-state index in [4.69, 9.17) is 5.11 Å². The lowest BCUT2D eigenvalue weighted by Gasteiger charge is -2.41. The standard InChI is InChI=1S/C14H23N5O3/c20-7-6-16-8-17-12-11(15-13(17)21)19(14(22)18(12)9-16)10-4-2-1-3-5-10/h10-12,20H,1-9H2,(H,15,21). The minimum atomic E-state index is -0.223. The number of urea groups is 2. The summed E-state index contributed by atoms with van der Waals surface area (Å²) in [4.78, 5) is 32.4. The molecule has 1 saturated carbocycles. The third kappa shape index (κ3) is 1.97. The van der Waals surface area contributed by atoms with Crippen molar-refractivity contribution in [2.24, 2.45) is 0 Å². The molecule has 0 radical (unpaired) electrons. The van der Waals surface area contributed by atoms with E-state index in [0.29, 0.717) is 19.9 Å². The highest BCUT2D eigenvalue weighted by atomic mass is 16.3. The zero-order valence-corrected chi connectivity index (χ0v) is 12.6. The Morgan fingerprint density at radius 3 is 2.55 bits per heavy atom. The Balaban J connectivity index is 1.60. The van der Waals surface area contributed by atoms with Gasteiger partial charge in [0.1, 0.15) is 6.17 Å². The van der Waals surface area contributed by atoms with Crippen molar-refractivity contribution in [2.45, 2.75) is 50.5 Å². The molecule has 3 saturated heterocycles. The van der Waals surface area contributed by atoms with Crippen LogP contribution in [-0.2, 0) is 0 Å². The second-order valence-electron chi connectivity index (χ2n) is 6.63. The van der Waals surface area contributed by atoms with Crippen molar-refractivity contribution in [3.05, 3.63) is 0 Å². The van der Waals surface area contributed by atoms with Gasteiger partial charge in [-0.25, -0.2) is 9.59 Å². The van der Waals surface area contributed by atoms with Crippen LogP contribution in [0.1, 0.15) is 32.1 Å². The number of rotatable bonds is 3. The normalized spacial score (nSPS) is 32.7. The fourth-order valence-electron chi connectivity index (χ4n) is 4.30. The van der Waals surface area contributed by atoms with Gasteiger partial charge in [-0.2, -0.15) is 0 Å². The maximum absolute atomic E-state index is 12.9. The number of carbonyl (C=O) groups is 2. The third-order valence-corrected chi connectivity index (χ3v) is 5.31. The van der Waals surface area contributed by atoms with Gasteiger partial charge in [-0.1, -0.05) is 19.3 Å². The van der Waals surface area contributed by atoms with Crippen LogP contribution in [0.25, 0.3) is 0 Å². The number of nitrogens with zero attached hydrogens (tertiary/aromatic N) is 4. The van der Waals surface area contributed by atoms with Crippen LogP contribution in [0.2, 0.25) is 0 Å². The Morgan fingerprint density at radius 2 is 1.82 bits per heavy atom. The number of amides is 4. The van der Waals surface area contributed by atoms with Gasteiger partial charge in [-0.3, -0.25) is 19.6 Å². The van der Waals surface area contributed by atoms with E-state index in [2.05, 4.69) is 5.32 Å². The summed E-state index contributed by atoms with van der Waals surface area (Å²) in [6.45, 7) is 1.44. The molecule has 8 nitrogen and oxygen atoms in total. The second kappa shape index (κ2) is 5.27. The van der Waals surface area contributed by atoms with Crippen molar-refractivity contribution in [1.82, 2.24) is 24.9 Å². The van der Waals surface area contributed by atoms with E-state index < -0.39 is 0 Å². The fourth-order valence-corrected chi connectivity index (χ4v) is 4.30. The number of aliphatic hydroxyl groups is 1. The van der Waals surface area contributed by atoms with Gasteiger partial charge in [-0.15, -0.1) is 0 Å². The molecule has 4 fully saturated rings. The number of hydrogen-bond donors (Lipinski definition) is 2. The smallest absolute Gasteiger partial charge is 0.324 e. The van der Waals surface area contributed by atoms with Crippen LogP contribution in [0, 0.1) is 0 Å². The highest BCUT2D eigenvalue weighted by molar-refractivity contribution is 5.85. The van der Waals surface area contributed by atoms with E-state index in [1.165, 1.54) is 6.42 Å². The summed E-state index contributed by atoms with van der Waals surface area (Å²) in [5.74, 6) is 0. The van der Waals surface area contributed by atoms with E-state index in [1.54, 1.807) is 9.80 Å². The van der Waals surface area contributed by atoms with Crippen LogP contribution in [0.4, 0.5) is 9.59 Å². The molecule has 0 bridgehead atoms. The lowest BCUT2D eigenvalue weighted by atomic mass is 9.94. The van der Waals surface area contributed by atoms with Gasteiger partial charge in [0.15, 0.2) is 6.17 Å². The van der Waals surface area contributed by atoms with E-state index in [-0.39, 0.29) is 37.0 Å². The molecule has 22 heavy (non-hydrogen) atoms. The fraction of sp³-hybridized carbons (Fsp3) is 0.857. The summed E-state index contributed by atoms with van der Waals surface area (Å²) in [5.41, 5.74) is 0. The Labute approximate surface area is 129 Å². The predicted molar refractivity (Wildman–Crippen MR) is 77.4 cm³/mol. The van der Waals surface area contributed by atoms with Crippen molar-refractivity contribution in [2.75, 3.05) is 26.5 Å². The van der Waals surface area contributed by atoms with Crippen LogP contribution < -0.4 is 5.32 Å². The van der Waals surface area contributed by atoms with Gasteiger partial charge < -0.3 is 10.4 Å². The quantitative estimate of drug-likeness (QED) is 0.766. The maximum atomic E-state index is 12.9. The van der Waals surface area contributed by atoms with E-state index in [0.717, 1.165) is 25.7 Å². The Morgan fingerprint density at radius 1 is 1.09 bits per heavy atom. The number of β-amino-alcohol motifs (C(OH)–C–C–N with tert-alkyl or cyclic N) is 1. The molecule has 4 rings (SSSR count). The first-order chi connectivity index (χ1) is 10.7. The molecule has 0 aromatic rings. The molecule has 1 aliphatic carbocycles. The van der Waals surface area contributed by atoms with E-state index in [9.17, 15) is 9.59 Å². The van der Waals surface area contributed by atoms with Crippen LogP contribution in [0.15, 0.2) is 0 Å². The van der Waals surface area contributed by atoms with Gasteiger partial charge in [-0.05, 0) is 12.8 Å². The predicted octanol–water partition coefficient (Wildman–Crippen LogP) is -0.0430. The summed E-state index contributed by atoms with van der Waals surface area (Å²) in [6.07, 6.45) is 5.17. The average molecular weight is 309 g/mol. The van der Waals surface area contributed by atoms with E-state index in [1.807, 2.05) is 9.80 Å². The number of nitrogens with one attached hydrogen (secondary N) is 1. The number of aliphatic hydroxyl groups excluding tert-OH is 1. The maximum Gasteiger partial charge on any atom is 0.324 e. The lowest BCUT2D eigenvalue weighted by Crippen LogP contribution is -2.60. The summed E-state index contributed by atoms with van der Waals surface area (Å²) >= 11 is 0. The number of carbonyl (C=O) groups excluding carboxylic acids is 2. The van der Waals surface area contributed by atoms with Crippen LogP contribution in [0.3, 0.4) is 0 Å². The van der Waals surface area contributed by atoms with Crippen molar-refractivity contribution in [1.29, 1.82) is 0 Å². The molecule has 4 aliphatic rings. The minimum absolute atomic E-state index is 0.0227. The van der Waals surface area contributed by atoms with Crippen molar-refractivity contribution in [3.63, 3.8) is 0 Å². The molecule has 2 unspecified atom stereocenters. The van der Waals surface area contributed by atoms with Crippen LogP contribution in [0.5, 0.6) is 0 Å². The first-order valence-corrected chi connectivity index (χ1v) is 8.20. The Kier molecular flexibility index (Phi) is 3.37. The summed E-state index contributed by atoms with van der Waals surface area (Å²) in [5, 5.41) is 12.1. The molecule has 3 aliphatic heterocycles. The van der Waals surface area contributed by atoms with Crippen molar-refractivity contribution >= 4 is 12.1 Å². The van der Waals surface area contributed by atoms with Crippen molar-refractivity contribution < 1.29 is 14.7 Å². The third-order valence-electron chi connectivity index (χ3n) is 5.31. The molecule has 3 heterocycles. The van der Waals surface area contributed by atoms with Gasteiger partial charge in [0.25, 0.3) is 0 Å². The average Bonchev–Trinajstić information content (AvgIpc) is 2.99. The largest absolute Gasteiger partial charge is 0.395 e. The Bertz CT molecular complexity index is 481. The molecular formula is C14H23N5O3. The summed E-state index contributed by atoms with van der Waals surface area (Å²) in [6, 6.07) is 0.147. The highest BCUT2D eigenvalue weighted by Crippen LogP contribution is 2.36. The topological polar surface area (TPSA) is 79.4 Å².